The first-order valence-electron chi connectivity index (χ1n) is 10.4. The van der Waals surface area contributed by atoms with Crippen LogP contribution in [0.25, 0.3) is 28.3 Å². The average Bonchev–Trinajstić information content (AvgIpc) is 3.56. The number of carbonyl (C=O) groups excluding carboxylic acids is 1. The molecular weight excluding hydrogens is 420 g/mol. The van der Waals surface area contributed by atoms with Gasteiger partial charge in [-0.2, -0.15) is 0 Å². The zero-order valence-corrected chi connectivity index (χ0v) is 18.1. The number of hydrogen-bond acceptors (Lipinski definition) is 7. The van der Waals surface area contributed by atoms with Crippen LogP contribution < -0.4 is 11.1 Å². The largest absolute Gasteiger partial charge is 0.382 e. The lowest BCUT2D eigenvalue weighted by Crippen LogP contribution is -2.37. The van der Waals surface area contributed by atoms with Crippen molar-refractivity contribution in [3.63, 3.8) is 0 Å². The second-order valence-electron chi connectivity index (χ2n) is 7.78. The van der Waals surface area contributed by atoms with Gasteiger partial charge in [-0.05, 0) is 38.1 Å². The van der Waals surface area contributed by atoms with E-state index in [1.165, 1.54) is 0 Å². The molecule has 0 unspecified atom stereocenters. The number of carbonyl (C=O) groups is 1. The molecule has 5 heterocycles. The Balaban J connectivity index is 1.55. The summed E-state index contributed by atoms with van der Waals surface area (Å²) in [5.74, 6) is -0.361. The van der Waals surface area contributed by atoms with Crippen LogP contribution in [0.4, 0.5) is 5.82 Å². The van der Waals surface area contributed by atoms with Crippen molar-refractivity contribution in [1.29, 1.82) is 0 Å². The zero-order valence-electron chi connectivity index (χ0n) is 18.1. The minimum Gasteiger partial charge on any atom is -0.382 e. The second kappa shape index (κ2) is 8.19. The SMILES string of the molecule is Cc1cnc2ccc(-c3nc(C(=O)N[C@@H](C)Cn4ccnn4)c(N)nc3-c3ccc[nH]3)cn12. The summed E-state index contributed by atoms with van der Waals surface area (Å²) in [6.07, 6.45) is 8.84. The Labute approximate surface area is 188 Å². The number of aromatic nitrogens is 8. The molecule has 0 aliphatic carbocycles. The van der Waals surface area contributed by atoms with Gasteiger partial charge in [-0.15, -0.1) is 5.10 Å². The molecule has 33 heavy (non-hydrogen) atoms. The molecule has 1 atom stereocenters. The number of nitrogens with one attached hydrogen (secondary N) is 2. The van der Waals surface area contributed by atoms with Crippen molar-refractivity contribution < 1.29 is 4.79 Å². The first-order valence-corrected chi connectivity index (χ1v) is 10.4. The van der Waals surface area contributed by atoms with E-state index < -0.39 is 5.91 Å². The van der Waals surface area contributed by atoms with Crippen molar-refractivity contribution in [2.75, 3.05) is 5.73 Å². The first kappa shape index (κ1) is 20.4. The normalized spacial score (nSPS) is 12.2. The van der Waals surface area contributed by atoms with E-state index in [2.05, 4.69) is 35.6 Å². The standard InChI is InChI=1S/C22H22N10O/c1-13(11-31-9-8-26-30-31)27-22(33)20-21(23)29-19(16-4-3-7-24-16)18(28-20)15-5-6-17-25-10-14(2)32(17)12-15/h3-10,12-13,24H,11H2,1-2H3,(H2,23,29)(H,27,33)/t13-/m0/s1. The third-order valence-electron chi connectivity index (χ3n) is 5.27. The lowest BCUT2D eigenvalue weighted by atomic mass is 10.1. The fourth-order valence-electron chi connectivity index (χ4n) is 3.67. The fraction of sp³-hybridized carbons (Fsp3) is 0.182. The van der Waals surface area contributed by atoms with Gasteiger partial charge in [0.1, 0.15) is 17.0 Å². The molecule has 1 amide bonds. The van der Waals surface area contributed by atoms with Crippen LogP contribution in [0.5, 0.6) is 0 Å². The number of nitrogens with two attached hydrogens (primary N) is 1. The number of anilines is 1. The van der Waals surface area contributed by atoms with E-state index >= 15 is 0 Å². The number of nitrogens with zero attached hydrogens (tertiary/aromatic N) is 7. The van der Waals surface area contributed by atoms with E-state index in [1.807, 2.05) is 48.7 Å². The second-order valence-corrected chi connectivity index (χ2v) is 7.78. The van der Waals surface area contributed by atoms with E-state index in [9.17, 15) is 4.79 Å². The molecule has 4 N–H and O–H groups in total. The summed E-state index contributed by atoms with van der Waals surface area (Å²) in [5.41, 5.74) is 10.7. The Morgan fingerprint density at radius 2 is 2.12 bits per heavy atom. The van der Waals surface area contributed by atoms with Gasteiger partial charge in [0.05, 0.1) is 18.4 Å². The first-order chi connectivity index (χ1) is 16.0. The lowest BCUT2D eigenvalue weighted by molar-refractivity contribution is 0.0931. The maximum Gasteiger partial charge on any atom is 0.274 e. The Hall–Kier alpha value is -4.54. The zero-order chi connectivity index (χ0) is 22.9. The van der Waals surface area contributed by atoms with E-state index in [0.717, 1.165) is 22.6 Å². The molecule has 166 valence electrons. The number of rotatable bonds is 6. The Kier molecular flexibility index (Phi) is 5.05. The highest BCUT2D eigenvalue weighted by atomic mass is 16.2. The summed E-state index contributed by atoms with van der Waals surface area (Å²) < 4.78 is 3.61. The molecule has 11 heteroatoms. The number of aromatic amines is 1. The maximum absolute atomic E-state index is 13.0. The fourth-order valence-corrected chi connectivity index (χ4v) is 3.67. The topological polar surface area (TPSA) is 145 Å². The highest BCUT2D eigenvalue weighted by Gasteiger charge is 2.22. The van der Waals surface area contributed by atoms with Crippen LogP contribution in [-0.4, -0.2) is 51.3 Å². The Morgan fingerprint density at radius 1 is 1.24 bits per heavy atom. The van der Waals surface area contributed by atoms with Crippen molar-refractivity contribution in [1.82, 2.24) is 44.6 Å². The number of aryl methyl sites for hydroxylation is 1. The Morgan fingerprint density at radius 3 is 2.88 bits per heavy atom. The molecule has 5 aromatic heterocycles. The van der Waals surface area contributed by atoms with Crippen molar-refractivity contribution in [3.05, 3.63) is 66.6 Å². The van der Waals surface area contributed by atoms with Gasteiger partial charge in [0.15, 0.2) is 11.5 Å². The molecule has 0 saturated carbocycles. The third-order valence-corrected chi connectivity index (χ3v) is 5.27. The molecule has 0 spiro atoms. The van der Waals surface area contributed by atoms with Crippen LogP contribution >= 0.6 is 0 Å². The molecule has 0 aliphatic heterocycles. The predicted octanol–water partition coefficient (Wildman–Crippen LogP) is 2.09. The van der Waals surface area contributed by atoms with Crippen molar-refractivity contribution in [3.8, 4) is 22.6 Å². The molecule has 0 aromatic carbocycles. The van der Waals surface area contributed by atoms with Crippen LogP contribution in [0.15, 0.2) is 55.2 Å². The predicted molar refractivity (Wildman–Crippen MR) is 122 cm³/mol. The summed E-state index contributed by atoms with van der Waals surface area (Å²) in [7, 11) is 0. The minimum atomic E-state index is -0.410. The quantitative estimate of drug-likeness (QED) is 0.365. The van der Waals surface area contributed by atoms with Gasteiger partial charge in [0.2, 0.25) is 0 Å². The van der Waals surface area contributed by atoms with Crippen LogP contribution in [0.2, 0.25) is 0 Å². The van der Waals surface area contributed by atoms with Crippen LogP contribution in [0.1, 0.15) is 23.1 Å². The van der Waals surface area contributed by atoms with Crippen LogP contribution in [0, 0.1) is 6.92 Å². The van der Waals surface area contributed by atoms with Gasteiger partial charge in [-0.1, -0.05) is 5.21 Å². The van der Waals surface area contributed by atoms with E-state index in [-0.39, 0.29) is 17.6 Å². The van der Waals surface area contributed by atoms with E-state index in [1.54, 1.807) is 29.5 Å². The van der Waals surface area contributed by atoms with Crippen LogP contribution in [0.3, 0.4) is 0 Å². The molecule has 5 aromatic rings. The van der Waals surface area contributed by atoms with Crippen molar-refractivity contribution in [2.45, 2.75) is 26.4 Å². The molecular formula is C22H22N10O. The monoisotopic (exact) mass is 442 g/mol. The molecule has 5 rings (SSSR count). The number of fused-ring (bicyclic) bond motifs is 1. The Bertz CT molecular complexity index is 1420. The van der Waals surface area contributed by atoms with Crippen molar-refractivity contribution in [2.24, 2.45) is 0 Å². The van der Waals surface area contributed by atoms with Gasteiger partial charge in [-0.3, -0.25) is 9.48 Å². The van der Waals surface area contributed by atoms with Crippen molar-refractivity contribution >= 4 is 17.4 Å². The highest BCUT2D eigenvalue weighted by molar-refractivity contribution is 5.98. The van der Waals surface area contributed by atoms with E-state index in [0.29, 0.717) is 17.9 Å². The highest BCUT2D eigenvalue weighted by Crippen LogP contribution is 2.30. The van der Waals surface area contributed by atoms with Gasteiger partial charge >= 0.3 is 0 Å². The number of hydrogen-bond donors (Lipinski definition) is 3. The smallest absolute Gasteiger partial charge is 0.274 e. The average molecular weight is 442 g/mol. The van der Waals surface area contributed by atoms with Gasteiger partial charge in [0, 0.05) is 42.1 Å². The van der Waals surface area contributed by atoms with Crippen LogP contribution in [-0.2, 0) is 6.54 Å². The molecule has 0 radical (unpaired) electrons. The summed E-state index contributed by atoms with van der Waals surface area (Å²) >= 11 is 0. The molecule has 11 nitrogen and oxygen atoms in total. The molecule has 0 bridgehead atoms. The van der Waals surface area contributed by atoms with Gasteiger partial charge in [0.25, 0.3) is 5.91 Å². The summed E-state index contributed by atoms with van der Waals surface area (Å²) in [5, 5.41) is 10.6. The van der Waals surface area contributed by atoms with Gasteiger partial charge in [-0.25, -0.2) is 15.0 Å². The number of H-pyrrole nitrogens is 1. The summed E-state index contributed by atoms with van der Waals surface area (Å²) in [6, 6.07) is 7.33. The summed E-state index contributed by atoms with van der Waals surface area (Å²) in [6.45, 7) is 4.30. The van der Waals surface area contributed by atoms with Gasteiger partial charge < -0.3 is 20.4 Å². The maximum atomic E-state index is 13.0. The number of amides is 1. The molecule has 0 fully saturated rings. The number of pyridine rings is 1. The third kappa shape index (κ3) is 3.91. The lowest BCUT2D eigenvalue weighted by Gasteiger charge is -2.16. The number of imidazole rings is 1. The minimum absolute atomic E-state index is 0.0497. The summed E-state index contributed by atoms with van der Waals surface area (Å²) in [4.78, 5) is 29.8. The molecule has 0 aliphatic rings. The molecule has 0 saturated heterocycles. The number of nitrogen functional groups attached to an aromatic ring is 1. The van der Waals surface area contributed by atoms with E-state index in [4.69, 9.17) is 5.73 Å².